The van der Waals surface area contributed by atoms with Gasteiger partial charge in [0.05, 0.1) is 9.40 Å². The highest BCUT2D eigenvalue weighted by molar-refractivity contribution is 9.10. The van der Waals surface area contributed by atoms with Gasteiger partial charge in [-0.2, -0.15) is 14.3 Å². The molecule has 0 atom stereocenters. The first-order valence-electron chi connectivity index (χ1n) is 7.39. The number of amides is 2. The van der Waals surface area contributed by atoms with Gasteiger partial charge in [0.25, 0.3) is 0 Å². The maximum atomic E-state index is 13.9. The maximum absolute atomic E-state index is 13.9. The van der Waals surface area contributed by atoms with Crippen LogP contribution in [-0.2, 0) is 9.47 Å². The first-order chi connectivity index (χ1) is 11.6. The van der Waals surface area contributed by atoms with Crippen LogP contribution in [0.4, 0.5) is 25.5 Å². The van der Waals surface area contributed by atoms with E-state index in [1.807, 2.05) is 0 Å². The van der Waals surface area contributed by atoms with Gasteiger partial charge >= 0.3 is 17.9 Å². The SMILES string of the molecule is CC(C)(C)OC(=O)N(C(=O)OC(C)(C)C)c1nc(F)c(Br)cc1[N+](=O)[O-]. The predicted molar refractivity (Wildman–Crippen MR) is 93.5 cm³/mol. The van der Waals surface area contributed by atoms with Crippen LogP contribution in [0.2, 0.25) is 0 Å². The lowest BCUT2D eigenvalue weighted by Gasteiger charge is -2.27. The van der Waals surface area contributed by atoms with E-state index in [9.17, 15) is 24.1 Å². The van der Waals surface area contributed by atoms with Crippen LogP contribution in [0.1, 0.15) is 41.5 Å². The van der Waals surface area contributed by atoms with Crippen molar-refractivity contribution in [1.82, 2.24) is 4.98 Å². The Labute approximate surface area is 157 Å². The average molecular weight is 436 g/mol. The molecule has 1 heterocycles. The molecule has 0 spiro atoms. The molecule has 9 nitrogen and oxygen atoms in total. The Morgan fingerprint density at radius 2 is 1.58 bits per heavy atom. The topological polar surface area (TPSA) is 112 Å². The van der Waals surface area contributed by atoms with Gasteiger partial charge in [-0.1, -0.05) is 0 Å². The van der Waals surface area contributed by atoms with Crippen molar-refractivity contribution in [3.05, 3.63) is 26.6 Å². The summed E-state index contributed by atoms with van der Waals surface area (Å²) in [6, 6.07) is 0.791. The highest BCUT2D eigenvalue weighted by Gasteiger charge is 2.38. The van der Waals surface area contributed by atoms with Crippen LogP contribution in [0.5, 0.6) is 0 Å². The number of nitro groups is 1. The second-order valence-corrected chi connectivity index (χ2v) is 8.01. The summed E-state index contributed by atoms with van der Waals surface area (Å²) < 4.78 is 23.7. The van der Waals surface area contributed by atoms with Crippen LogP contribution < -0.4 is 4.90 Å². The van der Waals surface area contributed by atoms with E-state index in [0.29, 0.717) is 0 Å². The minimum Gasteiger partial charge on any atom is -0.443 e. The lowest BCUT2D eigenvalue weighted by atomic mass is 10.2. The third-order valence-corrected chi connectivity index (χ3v) is 3.01. The van der Waals surface area contributed by atoms with Crippen molar-refractivity contribution in [3.63, 3.8) is 0 Å². The van der Waals surface area contributed by atoms with Gasteiger partial charge in [-0.3, -0.25) is 10.1 Å². The first-order valence-corrected chi connectivity index (χ1v) is 8.18. The average Bonchev–Trinajstić information content (AvgIpc) is 2.38. The largest absolute Gasteiger partial charge is 0.443 e. The van der Waals surface area contributed by atoms with Gasteiger partial charge in [0.15, 0.2) is 0 Å². The molecule has 0 radical (unpaired) electrons. The summed E-state index contributed by atoms with van der Waals surface area (Å²) in [7, 11) is 0. The van der Waals surface area contributed by atoms with Crippen molar-refractivity contribution >= 4 is 39.6 Å². The number of hydrogen-bond acceptors (Lipinski definition) is 7. The fourth-order valence-corrected chi connectivity index (χ4v) is 1.91. The molecular weight excluding hydrogens is 417 g/mol. The van der Waals surface area contributed by atoms with Crippen molar-refractivity contribution in [2.75, 3.05) is 4.90 Å². The Balaban J connectivity index is 3.55. The quantitative estimate of drug-likeness (QED) is 0.379. The summed E-state index contributed by atoms with van der Waals surface area (Å²) in [4.78, 5) is 38.9. The molecule has 0 aliphatic carbocycles. The number of ether oxygens (including phenoxy) is 2. The number of rotatable bonds is 2. The predicted octanol–water partition coefficient (Wildman–Crippen LogP) is 4.57. The van der Waals surface area contributed by atoms with Gasteiger partial charge in [0.1, 0.15) is 11.2 Å². The van der Waals surface area contributed by atoms with Gasteiger partial charge in [0, 0.05) is 6.07 Å². The Morgan fingerprint density at radius 3 is 1.92 bits per heavy atom. The Morgan fingerprint density at radius 1 is 1.15 bits per heavy atom. The number of carbonyl (C=O) groups is 2. The molecule has 2 amide bonds. The van der Waals surface area contributed by atoms with E-state index >= 15 is 0 Å². The van der Waals surface area contributed by atoms with E-state index in [0.717, 1.165) is 6.07 Å². The summed E-state index contributed by atoms with van der Waals surface area (Å²) in [5, 5.41) is 11.3. The normalized spacial score (nSPS) is 11.7. The van der Waals surface area contributed by atoms with Gasteiger partial charge < -0.3 is 9.47 Å². The molecule has 0 aromatic carbocycles. The Bertz CT molecular complexity index is 714. The third kappa shape index (κ3) is 5.90. The van der Waals surface area contributed by atoms with Crippen molar-refractivity contribution in [3.8, 4) is 0 Å². The smallest absolute Gasteiger partial charge is 0.426 e. The zero-order chi connectivity index (χ0) is 20.4. The summed E-state index contributed by atoms with van der Waals surface area (Å²) in [6.45, 7) is 9.18. The van der Waals surface area contributed by atoms with Gasteiger partial charge in [-0.25, -0.2) is 9.59 Å². The minimum absolute atomic E-state index is 0.199. The number of aromatic nitrogens is 1. The molecule has 144 valence electrons. The van der Waals surface area contributed by atoms with Crippen LogP contribution in [0.15, 0.2) is 10.5 Å². The van der Waals surface area contributed by atoms with Crippen LogP contribution in [0, 0.1) is 16.1 Å². The zero-order valence-corrected chi connectivity index (χ0v) is 16.7. The Hall–Kier alpha value is -2.30. The van der Waals surface area contributed by atoms with Gasteiger partial charge in [-0.05, 0) is 57.5 Å². The molecule has 0 bridgehead atoms. The van der Waals surface area contributed by atoms with Gasteiger partial charge in [-0.15, -0.1) is 0 Å². The van der Waals surface area contributed by atoms with E-state index in [-0.39, 0.29) is 9.37 Å². The Kier molecular flexibility index (Phi) is 6.29. The van der Waals surface area contributed by atoms with Crippen molar-refractivity contribution in [2.24, 2.45) is 0 Å². The molecule has 1 rings (SSSR count). The van der Waals surface area contributed by atoms with E-state index in [1.54, 1.807) is 0 Å². The first kappa shape index (κ1) is 21.7. The standard InChI is InChI=1S/C15H19BrFN3O6/c1-14(2,3)25-12(21)19(13(22)26-15(4,5)6)11-9(20(23)24)7-8(16)10(17)18-11/h7H,1-6H3. The van der Waals surface area contributed by atoms with Gasteiger partial charge in [0.2, 0.25) is 11.8 Å². The molecule has 0 N–H and O–H groups in total. The van der Waals surface area contributed by atoms with E-state index in [2.05, 4.69) is 20.9 Å². The number of nitrogens with zero attached hydrogens (tertiary/aromatic N) is 3. The molecule has 0 aliphatic heterocycles. The summed E-state index contributed by atoms with van der Waals surface area (Å²) >= 11 is 2.78. The number of hydrogen-bond donors (Lipinski definition) is 0. The fraction of sp³-hybridized carbons (Fsp3) is 0.533. The molecule has 0 fully saturated rings. The molecule has 0 saturated heterocycles. The zero-order valence-electron chi connectivity index (χ0n) is 15.1. The molecule has 1 aromatic rings. The monoisotopic (exact) mass is 435 g/mol. The number of halogens is 2. The summed E-state index contributed by atoms with van der Waals surface area (Å²) in [6.07, 6.45) is -2.58. The molecule has 11 heteroatoms. The lowest BCUT2D eigenvalue weighted by Crippen LogP contribution is -2.44. The highest BCUT2D eigenvalue weighted by Crippen LogP contribution is 2.32. The van der Waals surface area contributed by atoms with E-state index in [4.69, 9.17) is 9.47 Å². The summed E-state index contributed by atoms with van der Waals surface area (Å²) in [5.74, 6) is -2.00. The molecule has 0 aliphatic rings. The molecule has 26 heavy (non-hydrogen) atoms. The van der Waals surface area contributed by atoms with Crippen LogP contribution in [-0.4, -0.2) is 33.3 Å². The number of anilines is 1. The maximum Gasteiger partial charge on any atom is 0.426 e. The second-order valence-electron chi connectivity index (χ2n) is 7.16. The molecule has 0 saturated carbocycles. The van der Waals surface area contributed by atoms with Crippen LogP contribution in [0.3, 0.4) is 0 Å². The summed E-state index contributed by atoms with van der Waals surface area (Å²) in [5.41, 5.74) is -2.84. The highest BCUT2D eigenvalue weighted by atomic mass is 79.9. The second kappa shape index (κ2) is 7.52. The number of pyridine rings is 1. The van der Waals surface area contributed by atoms with E-state index in [1.165, 1.54) is 41.5 Å². The van der Waals surface area contributed by atoms with Crippen molar-refractivity contribution in [2.45, 2.75) is 52.7 Å². The minimum atomic E-state index is -1.29. The third-order valence-electron chi connectivity index (χ3n) is 2.45. The number of carbonyl (C=O) groups excluding carboxylic acids is 2. The molecule has 0 unspecified atom stereocenters. The lowest BCUT2D eigenvalue weighted by molar-refractivity contribution is -0.384. The molecular formula is C15H19BrFN3O6. The van der Waals surface area contributed by atoms with Crippen molar-refractivity contribution < 1.29 is 28.4 Å². The van der Waals surface area contributed by atoms with Crippen molar-refractivity contribution in [1.29, 1.82) is 0 Å². The van der Waals surface area contributed by atoms with E-state index < -0.39 is 45.8 Å². The van der Waals surface area contributed by atoms with Crippen LogP contribution in [0.25, 0.3) is 0 Å². The number of imide groups is 1. The fourth-order valence-electron chi connectivity index (χ4n) is 1.61. The molecule has 1 aromatic heterocycles. The van der Waals surface area contributed by atoms with Crippen LogP contribution >= 0.6 is 15.9 Å².